The van der Waals surface area contributed by atoms with Crippen molar-refractivity contribution in [3.05, 3.63) is 11.3 Å². The van der Waals surface area contributed by atoms with Crippen molar-refractivity contribution in [2.24, 2.45) is 11.8 Å². The summed E-state index contributed by atoms with van der Waals surface area (Å²) in [6.45, 7) is 1.41. The number of ether oxygens (including phenoxy) is 1. The van der Waals surface area contributed by atoms with Crippen molar-refractivity contribution in [3.63, 3.8) is 0 Å². The molecule has 3 rings (SSSR count). The fourth-order valence-electron chi connectivity index (χ4n) is 3.17. The molecule has 106 valence electrons. The zero-order valence-electron chi connectivity index (χ0n) is 10.5. The Labute approximate surface area is 108 Å². The number of nitrogens with zero attached hydrogens (tertiary/aromatic N) is 1. The monoisotopic (exact) mass is 276 g/mol. The molecule has 1 fully saturated rings. The van der Waals surface area contributed by atoms with Crippen LogP contribution in [0.3, 0.4) is 0 Å². The Morgan fingerprint density at radius 1 is 1.53 bits per heavy atom. The zero-order valence-corrected chi connectivity index (χ0v) is 10.5. The Kier molecular flexibility index (Phi) is 2.78. The van der Waals surface area contributed by atoms with Crippen LogP contribution in [0.1, 0.15) is 19.8 Å². The van der Waals surface area contributed by atoms with E-state index in [9.17, 15) is 18.0 Å². The van der Waals surface area contributed by atoms with E-state index in [-0.39, 0.29) is 19.1 Å². The van der Waals surface area contributed by atoms with E-state index < -0.39 is 18.2 Å². The lowest BCUT2D eigenvalue weighted by molar-refractivity contribution is -0.179. The molecule has 4 nitrogen and oxygen atoms in total. The predicted octanol–water partition coefficient (Wildman–Crippen LogP) is 1.59. The molecule has 0 aromatic heterocycles. The summed E-state index contributed by atoms with van der Waals surface area (Å²) >= 11 is 0. The Morgan fingerprint density at radius 3 is 2.89 bits per heavy atom. The maximum Gasteiger partial charge on any atom is 0.409 e. The maximum atomic E-state index is 13.2. The highest BCUT2D eigenvalue weighted by Gasteiger charge is 2.60. The van der Waals surface area contributed by atoms with Crippen LogP contribution in [0.5, 0.6) is 0 Å². The summed E-state index contributed by atoms with van der Waals surface area (Å²) < 4.78 is 44.3. The van der Waals surface area contributed by atoms with Crippen molar-refractivity contribution in [2.45, 2.75) is 32.0 Å². The number of halogens is 3. The van der Waals surface area contributed by atoms with Gasteiger partial charge in [0.2, 0.25) is 0 Å². The van der Waals surface area contributed by atoms with Crippen molar-refractivity contribution in [2.75, 3.05) is 13.2 Å². The minimum Gasteiger partial charge on any atom is -0.465 e. The molecule has 0 bridgehead atoms. The predicted molar refractivity (Wildman–Crippen MR) is 59.6 cm³/mol. The molecule has 0 aromatic carbocycles. The van der Waals surface area contributed by atoms with Crippen LogP contribution in [-0.4, -0.2) is 36.3 Å². The smallest absolute Gasteiger partial charge is 0.409 e. The zero-order chi connectivity index (χ0) is 13.8. The lowest BCUT2D eigenvalue weighted by atomic mass is 10.0. The molecule has 0 saturated heterocycles. The standard InChI is InChI=1S/C12H15F3N2O2/c1-2-19-9(18)5-17-11(12(13,14)15)10-7-3-6(7)4-8(10)16-17/h6-7,11,16H,2-5H2,1H3. The third-order valence-corrected chi connectivity index (χ3v) is 3.94. The van der Waals surface area contributed by atoms with Crippen LogP contribution in [0, 0.1) is 11.8 Å². The number of allylic oxidation sites excluding steroid dienone is 1. The molecule has 1 aliphatic heterocycles. The molecular weight excluding hydrogens is 261 g/mol. The summed E-state index contributed by atoms with van der Waals surface area (Å²) in [4.78, 5) is 11.4. The molecule has 0 radical (unpaired) electrons. The Bertz CT molecular complexity index is 447. The minimum atomic E-state index is -4.37. The average Bonchev–Trinajstić information content (AvgIpc) is 2.78. The lowest BCUT2D eigenvalue weighted by Gasteiger charge is -2.28. The molecule has 3 aliphatic rings. The van der Waals surface area contributed by atoms with E-state index in [2.05, 4.69) is 5.43 Å². The summed E-state index contributed by atoms with van der Waals surface area (Å²) in [6, 6.07) is -1.68. The van der Waals surface area contributed by atoms with Gasteiger partial charge < -0.3 is 10.2 Å². The van der Waals surface area contributed by atoms with Crippen LogP contribution in [-0.2, 0) is 9.53 Å². The molecule has 1 saturated carbocycles. The quantitative estimate of drug-likeness (QED) is 0.795. The van der Waals surface area contributed by atoms with E-state index in [0.717, 1.165) is 11.4 Å². The maximum absolute atomic E-state index is 13.2. The molecule has 1 heterocycles. The SMILES string of the molecule is CCOC(=O)CN1NC2=C(C3CC3C2)C1C(F)(F)F. The normalized spacial score (nSPS) is 32.9. The van der Waals surface area contributed by atoms with Crippen LogP contribution in [0.25, 0.3) is 0 Å². The number of hydrogen-bond donors (Lipinski definition) is 1. The molecular formula is C12H15F3N2O2. The second-order valence-electron chi connectivity index (χ2n) is 5.23. The van der Waals surface area contributed by atoms with Crippen LogP contribution < -0.4 is 5.43 Å². The summed E-state index contributed by atoms with van der Waals surface area (Å²) in [6.07, 6.45) is -2.85. The van der Waals surface area contributed by atoms with E-state index in [1.807, 2.05) is 0 Å². The Balaban J connectivity index is 1.77. The first-order valence-corrected chi connectivity index (χ1v) is 6.40. The fourth-order valence-corrected chi connectivity index (χ4v) is 3.17. The summed E-state index contributed by atoms with van der Waals surface area (Å²) in [5, 5.41) is 0.969. The number of alkyl halides is 3. The molecule has 19 heavy (non-hydrogen) atoms. The van der Waals surface area contributed by atoms with Gasteiger partial charge in [-0.2, -0.15) is 18.2 Å². The second kappa shape index (κ2) is 4.13. The van der Waals surface area contributed by atoms with Gasteiger partial charge in [-0.05, 0) is 37.2 Å². The molecule has 7 heteroatoms. The number of hydrogen-bond acceptors (Lipinski definition) is 4. The second-order valence-corrected chi connectivity index (χ2v) is 5.23. The van der Waals surface area contributed by atoms with Gasteiger partial charge in [0.25, 0.3) is 0 Å². The van der Waals surface area contributed by atoms with Crippen molar-refractivity contribution in [1.82, 2.24) is 10.4 Å². The van der Waals surface area contributed by atoms with E-state index in [1.54, 1.807) is 6.92 Å². The molecule has 3 atom stereocenters. The third kappa shape index (κ3) is 2.09. The highest BCUT2D eigenvalue weighted by atomic mass is 19.4. The van der Waals surface area contributed by atoms with Crippen molar-refractivity contribution in [3.8, 4) is 0 Å². The van der Waals surface area contributed by atoms with Gasteiger partial charge in [-0.1, -0.05) is 0 Å². The van der Waals surface area contributed by atoms with E-state index in [4.69, 9.17) is 4.74 Å². The number of rotatable bonds is 3. The minimum absolute atomic E-state index is 0.0568. The van der Waals surface area contributed by atoms with Crippen LogP contribution >= 0.6 is 0 Å². The third-order valence-electron chi connectivity index (χ3n) is 3.94. The molecule has 3 unspecified atom stereocenters. The number of hydrazine groups is 1. The van der Waals surface area contributed by atoms with Crippen LogP contribution in [0.2, 0.25) is 0 Å². The number of esters is 1. The van der Waals surface area contributed by atoms with E-state index in [0.29, 0.717) is 23.6 Å². The lowest BCUT2D eigenvalue weighted by Crippen LogP contribution is -2.50. The first-order valence-electron chi connectivity index (χ1n) is 6.40. The van der Waals surface area contributed by atoms with Gasteiger partial charge in [-0.25, -0.2) is 0 Å². The van der Waals surface area contributed by atoms with Gasteiger partial charge in [0.1, 0.15) is 12.6 Å². The summed E-state index contributed by atoms with van der Waals surface area (Å²) in [5.41, 5.74) is 3.86. The van der Waals surface area contributed by atoms with E-state index >= 15 is 0 Å². The summed E-state index contributed by atoms with van der Waals surface area (Å²) in [5.74, 6) is -0.203. The fraction of sp³-hybridized carbons (Fsp3) is 0.750. The van der Waals surface area contributed by atoms with Crippen molar-refractivity contribution >= 4 is 5.97 Å². The topological polar surface area (TPSA) is 41.6 Å². The van der Waals surface area contributed by atoms with E-state index in [1.165, 1.54) is 0 Å². The Hall–Kier alpha value is -1.24. The van der Waals surface area contributed by atoms with Gasteiger partial charge >= 0.3 is 12.1 Å². The average molecular weight is 276 g/mol. The number of carbonyl (C=O) groups excluding carboxylic acids is 1. The van der Waals surface area contributed by atoms with Crippen LogP contribution in [0.4, 0.5) is 13.2 Å². The first kappa shape index (κ1) is 12.8. The molecule has 2 aliphatic carbocycles. The highest BCUT2D eigenvalue weighted by Crippen LogP contribution is 2.59. The van der Waals surface area contributed by atoms with Gasteiger partial charge in [-0.15, -0.1) is 0 Å². The molecule has 1 N–H and O–H groups in total. The summed E-state index contributed by atoms with van der Waals surface area (Å²) in [7, 11) is 0. The van der Waals surface area contributed by atoms with Gasteiger partial charge in [0.15, 0.2) is 0 Å². The number of fused-ring (bicyclic) bond motifs is 2. The van der Waals surface area contributed by atoms with Crippen LogP contribution in [0.15, 0.2) is 11.3 Å². The molecule has 0 amide bonds. The Morgan fingerprint density at radius 2 is 2.26 bits per heavy atom. The number of carbonyl (C=O) groups is 1. The number of nitrogens with one attached hydrogen (secondary N) is 1. The van der Waals surface area contributed by atoms with Gasteiger partial charge in [0.05, 0.1) is 6.61 Å². The first-order chi connectivity index (χ1) is 8.91. The van der Waals surface area contributed by atoms with Gasteiger partial charge in [-0.3, -0.25) is 4.79 Å². The van der Waals surface area contributed by atoms with Crippen molar-refractivity contribution < 1.29 is 22.7 Å². The van der Waals surface area contributed by atoms with Crippen molar-refractivity contribution in [1.29, 1.82) is 0 Å². The largest absolute Gasteiger partial charge is 0.465 e. The molecule has 0 spiro atoms. The highest BCUT2D eigenvalue weighted by molar-refractivity contribution is 5.72. The molecule has 0 aromatic rings. The van der Waals surface area contributed by atoms with Gasteiger partial charge in [0, 0.05) is 5.70 Å².